The van der Waals surface area contributed by atoms with Gasteiger partial charge in [0.15, 0.2) is 9.84 Å². The summed E-state index contributed by atoms with van der Waals surface area (Å²) in [6, 6.07) is 19.7. The summed E-state index contributed by atoms with van der Waals surface area (Å²) in [6.45, 7) is 1.07. The molecule has 0 radical (unpaired) electrons. The number of hydrogen-bond donors (Lipinski definition) is 1. The molecule has 3 aliphatic rings. The van der Waals surface area contributed by atoms with Crippen molar-refractivity contribution in [1.29, 1.82) is 10.5 Å². The minimum Gasteiger partial charge on any atom is -0.369 e. The molecular formula is C31H36N6O3S. The molecule has 0 spiro atoms. The molecular weight excluding hydrogens is 536 g/mol. The molecule has 41 heavy (non-hydrogen) atoms. The molecule has 0 unspecified atom stereocenters. The zero-order valence-electron chi connectivity index (χ0n) is 23.0. The van der Waals surface area contributed by atoms with Crippen LogP contribution < -0.4 is 10.2 Å². The van der Waals surface area contributed by atoms with Crippen LogP contribution >= 0.6 is 0 Å². The lowest BCUT2D eigenvalue weighted by Gasteiger charge is -2.28. The van der Waals surface area contributed by atoms with Crippen molar-refractivity contribution in [3.05, 3.63) is 66.5 Å². The summed E-state index contributed by atoms with van der Waals surface area (Å²) in [5, 5.41) is 25.2. The van der Waals surface area contributed by atoms with E-state index in [0.29, 0.717) is 18.7 Å². The Balaban J connectivity index is 0.000000228. The third kappa shape index (κ3) is 7.14. The number of sulfone groups is 1. The van der Waals surface area contributed by atoms with Crippen LogP contribution in [0.15, 0.2) is 60.9 Å². The minimum absolute atomic E-state index is 0. The lowest BCUT2D eigenvalue weighted by molar-refractivity contribution is -0.126. The van der Waals surface area contributed by atoms with E-state index in [4.69, 9.17) is 10.5 Å². The zero-order valence-corrected chi connectivity index (χ0v) is 23.8. The molecule has 2 heterocycles. The van der Waals surface area contributed by atoms with Crippen molar-refractivity contribution in [3.8, 4) is 29.0 Å². The van der Waals surface area contributed by atoms with Gasteiger partial charge in [-0.2, -0.15) is 15.6 Å². The van der Waals surface area contributed by atoms with Crippen LogP contribution in [-0.2, 0) is 14.6 Å². The maximum atomic E-state index is 11.8. The van der Waals surface area contributed by atoms with Gasteiger partial charge in [0.05, 0.1) is 41.1 Å². The SMILES string of the molecule is N#CC1(NC(=O)C2CCCCC2)CC1.N#Cc1cccc(-n2cc(-c3ccc(N4CCS(=O)(=O)CC4)cc3)cn2)c1.[HH]. The highest BCUT2D eigenvalue weighted by atomic mass is 32.2. The summed E-state index contributed by atoms with van der Waals surface area (Å²) in [7, 11) is -2.88. The van der Waals surface area contributed by atoms with Crippen LogP contribution in [0.25, 0.3) is 16.8 Å². The fourth-order valence-corrected chi connectivity index (χ4v) is 6.46. The first-order valence-electron chi connectivity index (χ1n) is 14.1. The monoisotopic (exact) mass is 572 g/mol. The summed E-state index contributed by atoms with van der Waals surface area (Å²) in [4.78, 5) is 13.8. The maximum absolute atomic E-state index is 11.8. The van der Waals surface area contributed by atoms with E-state index in [-0.39, 0.29) is 24.8 Å². The number of carbonyl (C=O) groups excluding carboxylic acids is 1. The van der Waals surface area contributed by atoms with Crippen LogP contribution in [0.2, 0.25) is 0 Å². The average Bonchev–Trinajstić information content (AvgIpc) is 3.60. The van der Waals surface area contributed by atoms with Crippen LogP contribution in [0, 0.1) is 28.6 Å². The topological polar surface area (TPSA) is 132 Å². The van der Waals surface area contributed by atoms with Gasteiger partial charge in [0, 0.05) is 37.9 Å². The normalized spacial score (nSPS) is 19.1. The Morgan fingerprint density at radius 3 is 2.32 bits per heavy atom. The van der Waals surface area contributed by atoms with Crippen molar-refractivity contribution in [2.45, 2.75) is 50.5 Å². The standard InChI is InChI=1S/C20H18N4O2S.C11H16N2O.H2/c21-13-16-2-1-3-20(12-16)24-15-18(14-22-24)17-4-6-19(7-5-17)23-8-10-27(25,26)11-9-23;12-8-11(6-7-11)13-10(14)9-4-2-1-3-5-9;/h1-7,12,14-15H,8-11H2;9H,1-7H2,(H,13,14);1H. The van der Waals surface area contributed by atoms with E-state index in [2.05, 4.69) is 27.5 Å². The van der Waals surface area contributed by atoms with Crippen molar-refractivity contribution in [3.63, 3.8) is 0 Å². The van der Waals surface area contributed by atoms with Gasteiger partial charge < -0.3 is 10.2 Å². The summed E-state index contributed by atoms with van der Waals surface area (Å²) in [5.41, 5.74) is 4.00. The number of anilines is 1. The molecule has 1 N–H and O–H groups in total. The molecule has 6 rings (SSSR count). The Kier molecular flexibility index (Phi) is 8.41. The van der Waals surface area contributed by atoms with Gasteiger partial charge in [-0.25, -0.2) is 13.1 Å². The first-order chi connectivity index (χ1) is 19.8. The van der Waals surface area contributed by atoms with Gasteiger partial charge in [0.2, 0.25) is 5.91 Å². The van der Waals surface area contributed by atoms with E-state index in [9.17, 15) is 13.2 Å². The second kappa shape index (κ2) is 12.2. The highest BCUT2D eigenvalue weighted by Crippen LogP contribution is 2.35. The predicted octanol–water partition coefficient (Wildman–Crippen LogP) is 4.63. The number of nitrogens with zero attached hydrogens (tertiary/aromatic N) is 5. The van der Waals surface area contributed by atoms with Crippen molar-refractivity contribution < 1.29 is 14.6 Å². The molecule has 9 nitrogen and oxygen atoms in total. The Hall–Kier alpha value is -4.15. The van der Waals surface area contributed by atoms with Crippen LogP contribution in [0.1, 0.15) is 51.9 Å². The molecule has 3 aromatic rings. The van der Waals surface area contributed by atoms with Crippen molar-refractivity contribution in [2.75, 3.05) is 29.5 Å². The van der Waals surface area contributed by atoms with E-state index in [1.165, 1.54) is 6.42 Å². The zero-order chi connectivity index (χ0) is 28.9. The van der Waals surface area contributed by atoms with Crippen LogP contribution in [0.5, 0.6) is 0 Å². The molecule has 1 amide bonds. The largest absolute Gasteiger partial charge is 0.369 e. The van der Waals surface area contributed by atoms with Gasteiger partial charge in [-0.3, -0.25) is 4.79 Å². The number of hydrogen-bond acceptors (Lipinski definition) is 7. The maximum Gasteiger partial charge on any atom is 0.224 e. The fourth-order valence-electron chi connectivity index (χ4n) is 5.26. The Morgan fingerprint density at radius 1 is 0.976 bits per heavy atom. The lowest BCUT2D eigenvalue weighted by atomic mass is 9.88. The summed E-state index contributed by atoms with van der Waals surface area (Å²) < 4.78 is 24.9. The smallest absolute Gasteiger partial charge is 0.224 e. The Bertz CT molecular complexity index is 1570. The first kappa shape index (κ1) is 28.4. The lowest BCUT2D eigenvalue weighted by Crippen LogP contribution is -2.40. The third-order valence-electron chi connectivity index (χ3n) is 8.04. The number of nitrogens with one attached hydrogen (secondary N) is 1. The molecule has 10 heteroatoms. The quantitative estimate of drug-likeness (QED) is 0.471. The summed E-state index contributed by atoms with van der Waals surface area (Å²) in [5.74, 6) is 0.713. The van der Waals surface area contributed by atoms with E-state index >= 15 is 0 Å². The van der Waals surface area contributed by atoms with Gasteiger partial charge in [-0.15, -0.1) is 0 Å². The fraction of sp³-hybridized carbons (Fsp3) is 0.419. The molecule has 2 aromatic carbocycles. The van der Waals surface area contributed by atoms with Crippen molar-refractivity contribution >= 4 is 21.4 Å². The number of benzene rings is 2. The van der Waals surface area contributed by atoms with Gasteiger partial charge in [-0.1, -0.05) is 37.5 Å². The summed E-state index contributed by atoms with van der Waals surface area (Å²) >= 11 is 0. The Labute approximate surface area is 242 Å². The van der Waals surface area contributed by atoms with Gasteiger partial charge >= 0.3 is 0 Å². The Morgan fingerprint density at radius 2 is 1.68 bits per heavy atom. The van der Waals surface area contributed by atoms with Crippen LogP contribution in [0.3, 0.4) is 0 Å². The van der Waals surface area contributed by atoms with Gasteiger partial charge in [-0.05, 0) is 61.6 Å². The molecule has 2 aliphatic carbocycles. The first-order valence-corrected chi connectivity index (χ1v) is 16.0. The number of nitriles is 2. The number of rotatable bonds is 5. The van der Waals surface area contributed by atoms with E-state index in [1.807, 2.05) is 42.6 Å². The highest BCUT2D eigenvalue weighted by Gasteiger charge is 2.45. The number of carbonyl (C=O) groups is 1. The van der Waals surface area contributed by atoms with Crippen molar-refractivity contribution in [2.24, 2.45) is 5.92 Å². The number of amides is 1. The molecule has 2 saturated carbocycles. The van der Waals surface area contributed by atoms with E-state index < -0.39 is 15.4 Å². The predicted molar refractivity (Wildman–Crippen MR) is 159 cm³/mol. The highest BCUT2D eigenvalue weighted by molar-refractivity contribution is 7.91. The van der Waals surface area contributed by atoms with Crippen LogP contribution in [0.4, 0.5) is 5.69 Å². The van der Waals surface area contributed by atoms with Gasteiger partial charge in [0.1, 0.15) is 5.54 Å². The average molecular weight is 573 g/mol. The van der Waals surface area contributed by atoms with E-state index in [1.54, 1.807) is 23.0 Å². The number of aromatic nitrogens is 2. The molecule has 1 saturated heterocycles. The van der Waals surface area contributed by atoms with Crippen molar-refractivity contribution in [1.82, 2.24) is 15.1 Å². The molecule has 1 aromatic heterocycles. The molecule has 3 fully saturated rings. The molecule has 0 bridgehead atoms. The summed E-state index contributed by atoms with van der Waals surface area (Å²) in [6.07, 6.45) is 11.0. The second-order valence-corrected chi connectivity index (χ2v) is 13.3. The molecule has 0 atom stereocenters. The minimum atomic E-state index is -2.88. The van der Waals surface area contributed by atoms with Gasteiger partial charge in [0.25, 0.3) is 0 Å². The third-order valence-corrected chi connectivity index (χ3v) is 9.64. The van der Waals surface area contributed by atoms with Crippen LogP contribution in [-0.4, -0.2) is 54.2 Å². The van der Waals surface area contributed by atoms with E-state index in [0.717, 1.165) is 61.0 Å². The molecule has 1 aliphatic heterocycles. The second-order valence-electron chi connectivity index (χ2n) is 11.0. The molecule has 214 valence electrons.